The number of fused-ring (bicyclic) bond motifs is 1. The maximum Gasteiger partial charge on any atom is 0.273 e. The van der Waals surface area contributed by atoms with E-state index < -0.39 is 0 Å². The van der Waals surface area contributed by atoms with Crippen LogP contribution < -0.4 is 0 Å². The van der Waals surface area contributed by atoms with E-state index in [0.29, 0.717) is 5.69 Å². The van der Waals surface area contributed by atoms with Crippen molar-refractivity contribution in [3.05, 3.63) is 95.3 Å². The van der Waals surface area contributed by atoms with Crippen LogP contribution in [0.4, 0.5) is 0 Å². The fourth-order valence-corrected chi connectivity index (χ4v) is 4.37. The standard InChI is InChI=1S/C27H28N4O/c1-20-8-11-23(12-9-20)25-26(31-18-21(2)10-13-24(31)28-25)27(32)30-16-14-29(15-17-30)19-22-6-4-3-5-7-22/h3-13,18H,14-17,19H2,1-2H3. The minimum atomic E-state index is 0.0537. The Morgan fingerprint density at radius 3 is 2.25 bits per heavy atom. The fraction of sp³-hybridized carbons (Fsp3) is 0.259. The molecule has 0 bridgehead atoms. The molecule has 1 fully saturated rings. The second-order valence-corrected chi connectivity index (χ2v) is 8.66. The molecule has 0 N–H and O–H groups in total. The van der Waals surface area contributed by atoms with Gasteiger partial charge in [-0.15, -0.1) is 0 Å². The molecule has 0 spiro atoms. The number of rotatable bonds is 4. The molecule has 4 aromatic rings. The van der Waals surface area contributed by atoms with Crippen LogP contribution in [0, 0.1) is 13.8 Å². The number of piperazine rings is 1. The van der Waals surface area contributed by atoms with Crippen LogP contribution in [0.25, 0.3) is 16.9 Å². The summed E-state index contributed by atoms with van der Waals surface area (Å²) >= 11 is 0. The van der Waals surface area contributed by atoms with E-state index in [1.807, 2.05) is 40.6 Å². The van der Waals surface area contributed by atoms with Crippen molar-refractivity contribution < 1.29 is 4.79 Å². The molecule has 0 aliphatic carbocycles. The Bertz CT molecular complexity index is 1240. The highest BCUT2D eigenvalue weighted by molar-refractivity contribution is 5.99. The van der Waals surface area contributed by atoms with Gasteiger partial charge in [0.1, 0.15) is 17.0 Å². The number of nitrogens with zero attached hydrogens (tertiary/aromatic N) is 4. The fourth-order valence-electron chi connectivity index (χ4n) is 4.37. The summed E-state index contributed by atoms with van der Waals surface area (Å²) in [5.41, 5.74) is 6.80. The van der Waals surface area contributed by atoms with Crippen LogP contribution in [0.5, 0.6) is 0 Å². The van der Waals surface area contributed by atoms with Crippen molar-refractivity contribution >= 4 is 11.6 Å². The lowest BCUT2D eigenvalue weighted by molar-refractivity contribution is 0.0622. The van der Waals surface area contributed by atoms with Crippen molar-refractivity contribution in [3.63, 3.8) is 0 Å². The number of carbonyl (C=O) groups excluding carboxylic acids is 1. The second kappa shape index (κ2) is 8.60. The third-order valence-electron chi connectivity index (χ3n) is 6.20. The van der Waals surface area contributed by atoms with E-state index in [-0.39, 0.29) is 5.91 Å². The summed E-state index contributed by atoms with van der Waals surface area (Å²) in [5, 5.41) is 0. The Morgan fingerprint density at radius 2 is 1.53 bits per heavy atom. The average molecular weight is 425 g/mol. The number of amides is 1. The number of carbonyl (C=O) groups is 1. The Morgan fingerprint density at radius 1 is 0.844 bits per heavy atom. The van der Waals surface area contributed by atoms with Crippen LogP contribution in [0.2, 0.25) is 0 Å². The molecule has 0 saturated carbocycles. The Balaban J connectivity index is 1.42. The van der Waals surface area contributed by atoms with Gasteiger partial charge in [0.15, 0.2) is 0 Å². The van der Waals surface area contributed by atoms with E-state index in [9.17, 15) is 4.79 Å². The van der Waals surface area contributed by atoms with Crippen molar-refractivity contribution in [1.82, 2.24) is 19.2 Å². The van der Waals surface area contributed by atoms with E-state index in [2.05, 4.69) is 60.4 Å². The first-order chi connectivity index (χ1) is 15.6. The van der Waals surface area contributed by atoms with Gasteiger partial charge < -0.3 is 4.90 Å². The molecule has 1 aliphatic rings. The van der Waals surface area contributed by atoms with E-state index in [1.165, 1.54) is 11.1 Å². The molecule has 1 saturated heterocycles. The van der Waals surface area contributed by atoms with Crippen LogP contribution in [-0.4, -0.2) is 51.3 Å². The van der Waals surface area contributed by atoms with Crippen molar-refractivity contribution in [1.29, 1.82) is 0 Å². The number of hydrogen-bond donors (Lipinski definition) is 0. The molecule has 5 rings (SSSR count). The molecular weight excluding hydrogens is 396 g/mol. The van der Waals surface area contributed by atoms with Gasteiger partial charge in [0.25, 0.3) is 5.91 Å². The van der Waals surface area contributed by atoms with Crippen molar-refractivity contribution in [2.24, 2.45) is 0 Å². The van der Waals surface area contributed by atoms with Gasteiger partial charge in [-0.25, -0.2) is 4.98 Å². The van der Waals surface area contributed by atoms with Gasteiger partial charge >= 0.3 is 0 Å². The van der Waals surface area contributed by atoms with Crippen LogP contribution in [0.1, 0.15) is 27.2 Å². The summed E-state index contributed by atoms with van der Waals surface area (Å²) in [5.74, 6) is 0.0537. The molecule has 5 heteroatoms. The van der Waals surface area contributed by atoms with Crippen LogP contribution in [-0.2, 0) is 6.54 Å². The molecule has 32 heavy (non-hydrogen) atoms. The quantitative estimate of drug-likeness (QED) is 0.482. The Labute approximate surface area is 188 Å². The van der Waals surface area contributed by atoms with E-state index >= 15 is 0 Å². The molecule has 1 aliphatic heterocycles. The van der Waals surface area contributed by atoms with E-state index in [4.69, 9.17) is 4.98 Å². The summed E-state index contributed by atoms with van der Waals surface area (Å²) < 4.78 is 1.96. The SMILES string of the molecule is Cc1ccc(-c2nc3ccc(C)cn3c2C(=O)N2CCN(Cc3ccccc3)CC2)cc1. The van der Waals surface area contributed by atoms with Gasteiger partial charge in [-0.3, -0.25) is 14.1 Å². The van der Waals surface area contributed by atoms with Gasteiger partial charge in [-0.05, 0) is 31.0 Å². The molecule has 0 unspecified atom stereocenters. The van der Waals surface area contributed by atoms with Crippen molar-refractivity contribution in [2.45, 2.75) is 20.4 Å². The number of hydrogen-bond acceptors (Lipinski definition) is 3. The highest BCUT2D eigenvalue weighted by Gasteiger charge is 2.28. The molecule has 5 nitrogen and oxygen atoms in total. The van der Waals surface area contributed by atoms with Crippen LogP contribution >= 0.6 is 0 Å². The topological polar surface area (TPSA) is 40.9 Å². The van der Waals surface area contributed by atoms with Gasteiger partial charge in [-0.1, -0.05) is 66.2 Å². The average Bonchev–Trinajstić information content (AvgIpc) is 3.19. The number of aryl methyl sites for hydroxylation is 2. The smallest absolute Gasteiger partial charge is 0.273 e. The maximum atomic E-state index is 13.8. The summed E-state index contributed by atoms with van der Waals surface area (Å²) in [4.78, 5) is 23.0. The number of pyridine rings is 1. The Hall–Kier alpha value is -3.44. The predicted octanol–water partition coefficient (Wildman–Crippen LogP) is 4.58. The van der Waals surface area contributed by atoms with Crippen molar-refractivity contribution in [3.8, 4) is 11.3 Å². The third kappa shape index (κ3) is 4.04. The molecular formula is C27H28N4O. The lowest BCUT2D eigenvalue weighted by Gasteiger charge is -2.34. The number of benzene rings is 2. The second-order valence-electron chi connectivity index (χ2n) is 8.66. The highest BCUT2D eigenvalue weighted by atomic mass is 16.2. The number of imidazole rings is 1. The first-order valence-corrected chi connectivity index (χ1v) is 11.2. The van der Waals surface area contributed by atoms with Crippen molar-refractivity contribution in [2.75, 3.05) is 26.2 Å². The van der Waals surface area contributed by atoms with Gasteiger partial charge in [-0.2, -0.15) is 0 Å². The molecule has 0 atom stereocenters. The molecule has 3 heterocycles. The molecule has 2 aromatic carbocycles. The third-order valence-corrected chi connectivity index (χ3v) is 6.20. The summed E-state index contributed by atoms with van der Waals surface area (Å²) in [6, 6.07) is 22.8. The summed E-state index contributed by atoms with van der Waals surface area (Å²) in [6.45, 7) is 8.22. The lowest BCUT2D eigenvalue weighted by Crippen LogP contribution is -2.48. The first kappa shape index (κ1) is 20.5. The normalized spacial score (nSPS) is 14.8. The molecule has 2 aromatic heterocycles. The maximum absolute atomic E-state index is 13.8. The minimum Gasteiger partial charge on any atom is -0.335 e. The summed E-state index contributed by atoms with van der Waals surface area (Å²) in [7, 11) is 0. The largest absolute Gasteiger partial charge is 0.335 e. The summed E-state index contributed by atoms with van der Waals surface area (Å²) in [6.07, 6.45) is 2.01. The minimum absolute atomic E-state index is 0.0537. The zero-order valence-electron chi connectivity index (χ0n) is 18.7. The highest BCUT2D eigenvalue weighted by Crippen LogP contribution is 2.27. The van der Waals surface area contributed by atoms with Gasteiger partial charge in [0.2, 0.25) is 0 Å². The van der Waals surface area contributed by atoms with Crippen LogP contribution in [0.3, 0.4) is 0 Å². The monoisotopic (exact) mass is 424 g/mol. The first-order valence-electron chi connectivity index (χ1n) is 11.2. The Kier molecular flexibility index (Phi) is 5.50. The van der Waals surface area contributed by atoms with E-state index in [1.54, 1.807) is 0 Å². The van der Waals surface area contributed by atoms with Gasteiger partial charge in [0.05, 0.1) is 0 Å². The zero-order valence-corrected chi connectivity index (χ0v) is 18.7. The van der Waals surface area contributed by atoms with E-state index in [0.717, 1.165) is 55.2 Å². The number of aromatic nitrogens is 2. The lowest BCUT2D eigenvalue weighted by atomic mass is 10.1. The zero-order chi connectivity index (χ0) is 22.1. The molecule has 0 radical (unpaired) electrons. The molecule has 162 valence electrons. The van der Waals surface area contributed by atoms with Crippen LogP contribution in [0.15, 0.2) is 72.9 Å². The van der Waals surface area contributed by atoms with Gasteiger partial charge in [0, 0.05) is 44.5 Å². The molecule has 1 amide bonds. The predicted molar refractivity (Wildman–Crippen MR) is 128 cm³/mol.